The Bertz CT molecular complexity index is 619. The van der Waals surface area contributed by atoms with E-state index in [2.05, 4.69) is 21.2 Å². The molecule has 112 valence electrons. The number of ether oxygens (including phenoxy) is 2. The monoisotopic (exact) mass is 353 g/mol. The highest BCUT2D eigenvalue weighted by Crippen LogP contribution is 2.25. The van der Waals surface area contributed by atoms with Gasteiger partial charge in [-0.15, -0.1) is 0 Å². The van der Waals surface area contributed by atoms with Crippen LogP contribution in [0, 0.1) is 5.82 Å². The first-order valence-electron chi connectivity index (χ1n) is 6.51. The zero-order valence-corrected chi connectivity index (χ0v) is 13.5. The second-order valence-corrected chi connectivity index (χ2v) is 5.43. The van der Waals surface area contributed by atoms with Gasteiger partial charge in [0.25, 0.3) is 0 Å². The van der Waals surface area contributed by atoms with Gasteiger partial charge in [-0.2, -0.15) is 0 Å². The summed E-state index contributed by atoms with van der Waals surface area (Å²) in [6.07, 6.45) is 0. The van der Waals surface area contributed by atoms with Crippen molar-refractivity contribution in [2.75, 3.05) is 14.2 Å². The van der Waals surface area contributed by atoms with Gasteiger partial charge in [0.1, 0.15) is 23.9 Å². The largest absolute Gasteiger partial charge is 0.497 e. The van der Waals surface area contributed by atoms with Gasteiger partial charge in [-0.1, -0.05) is 15.9 Å². The van der Waals surface area contributed by atoms with Crippen molar-refractivity contribution in [3.05, 3.63) is 57.8 Å². The van der Waals surface area contributed by atoms with E-state index in [1.807, 2.05) is 31.3 Å². The Morgan fingerprint density at radius 3 is 2.67 bits per heavy atom. The van der Waals surface area contributed by atoms with Crippen LogP contribution >= 0.6 is 15.9 Å². The molecule has 0 amide bonds. The van der Waals surface area contributed by atoms with Crippen LogP contribution in [0.2, 0.25) is 0 Å². The molecule has 2 aromatic rings. The number of rotatable bonds is 6. The molecule has 0 unspecified atom stereocenters. The van der Waals surface area contributed by atoms with Gasteiger partial charge in [0.05, 0.1) is 7.11 Å². The van der Waals surface area contributed by atoms with Crippen molar-refractivity contribution in [2.45, 2.75) is 13.2 Å². The zero-order valence-electron chi connectivity index (χ0n) is 12.0. The van der Waals surface area contributed by atoms with Gasteiger partial charge in [0.15, 0.2) is 0 Å². The summed E-state index contributed by atoms with van der Waals surface area (Å²) in [7, 11) is 3.43. The minimum Gasteiger partial charge on any atom is -0.497 e. The third kappa shape index (κ3) is 4.44. The lowest BCUT2D eigenvalue weighted by Gasteiger charge is -2.11. The fraction of sp³-hybridized carbons (Fsp3) is 0.250. The maximum Gasteiger partial charge on any atom is 0.127 e. The number of benzene rings is 2. The molecule has 0 aliphatic rings. The van der Waals surface area contributed by atoms with Gasteiger partial charge in [-0.05, 0) is 42.9 Å². The minimum atomic E-state index is -0.303. The van der Waals surface area contributed by atoms with Gasteiger partial charge in [0.2, 0.25) is 0 Å². The van der Waals surface area contributed by atoms with Crippen molar-refractivity contribution in [1.82, 2.24) is 5.32 Å². The first-order valence-corrected chi connectivity index (χ1v) is 7.31. The minimum absolute atomic E-state index is 0.303. The number of methoxy groups -OCH3 is 1. The standard InChI is InChI=1S/C16H17BrFNO2/c1-19-9-11-5-13(18)8-15(6-11)21-10-12-7-14(20-2)3-4-16(12)17/h3-8,19H,9-10H2,1-2H3. The topological polar surface area (TPSA) is 30.5 Å². The van der Waals surface area contributed by atoms with Crippen molar-refractivity contribution in [3.63, 3.8) is 0 Å². The number of hydrogen-bond acceptors (Lipinski definition) is 3. The van der Waals surface area contributed by atoms with E-state index < -0.39 is 0 Å². The third-order valence-corrected chi connectivity index (χ3v) is 3.73. The Labute approximate surface area is 132 Å². The lowest BCUT2D eigenvalue weighted by molar-refractivity contribution is 0.302. The molecular weight excluding hydrogens is 337 g/mol. The van der Waals surface area contributed by atoms with Crippen LogP contribution in [0.4, 0.5) is 4.39 Å². The molecule has 2 aromatic carbocycles. The maximum absolute atomic E-state index is 13.5. The maximum atomic E-state index is 13.5. The Morgan fingerprint density at radius 2 is 1.95 bits per heavy atom. The molecule has 0 aliphatic heterocycles. The first-order chi connectivity index (χ1) is 10.1. The van der Waals surface area contributed by atoms with E-state index in [1.54, 1.807) is 7.11 Å². The summed E-state index contributed by atoms with van der Waals surface area (Å²) in [5.41, 5.74) is 1.78. The molecule has 0 saturated carbocycles. The summed E-state index contributed by atoms with van der Waals surface area (Å²) < 4.78 is 25.3. The highest BCUT2D eigenvalue weighted by atomic mass is 79.9. The Hall–Kier alpha value is -1.59. The van der Waals surface area contributed by atoms with Crippen molar-refractivity contribution in [3.8, 4) is 11.5 Å². The van der Waals surface area contributed by atoms with E-state index in [1.165, 1.54) is 12.1 Å². The quantitative estimate of drug-likeness (QED) is 0.854. The molecule has 0 heterocycles. The van der Waals surface area contributed by atoms with Crippen molar-refractivity contribution in [2.24, 2.45) is 0 Å². The molecule has 5 heteroatoms. The van der Waals surface area contributed by atoms with Crippen LogP contribution in [0.3, 0.4) is 0 Å². The van der Waals surface area contributed by atoms with E-state index in [0.29, 0.717) is 18.9 Å². The molecule has 0 aliphatic carbocycles. The molecule has 0 saturated heterocycles. The number of nitrogens with one attached hydrogen (secondary N) is 1. The number of hydrogen-bond donors (Lipinski definition) is 1. The van der Waals surface area contributed by atoms with Gasteiger partial charge < -0.3 is 14.8 Å². The van der Waals surface area contributed by atoms with Crippen LogP contribution < -0.4 is 14.8 Å². The molecule has 2 rings (SSSR count). The third-order valence-electron chi connectivity index (χ3n) is 2.96. The smallest absolute Gasteiger partial charge is 0.127 e. The molecule has 0 aromatic heterocycles. The lowest BCUT2D eigenvalue weighted by Crippen LogP contribution is -2.06. The van der Waals surface area contributed by atoms with E-state index in [-0.39, 0.29) is 5.82 Å². The van der Waals surface area contributed by atoms with Crippen LogP contribution in [0.5, 0.6) is 11.5 Å². The summed E-state index contributed by atoms with van der Waals surface area (Å²) in [6, 6.07) is 10.3. The number of halogens is 2. The summed E-state index contributed by atoms with van der Waals surface area (Å²) in [5.74, 6) is 0.962. The predicted molar refractivity (Wildman–Crippen MR) is 84.2 cm³/mol. The average molecular weight is 354 g/mol. The Morgan fingerprint density at radius 1 is 1.14 bits per heavy atom. The van der Waals surface area contributed by atoms with Gasteiger partial charge in [-0.25, -0.2) is 4.39 Å². The molecule has 1 N–H and O–H groups in total. The molecule has 0 atom stereocenters. The van der Waals surface area contributed by atoms with E-state index in [0.717, 1.165) is 21.3 Å². The van der Waals surface area contributed by atoms with Crippen molar-refractivity contribution < 1.29 is 13.9 Å². The Balaban J connectivity index is 2.12. The summed E-state index contributed by atoms with van der Waals surface area (Å²) in [5, 5.41) is 2.99. The normalized spacial score (nSPS) is 10.5. The van der Waals surface area contributed by atoms with Crippen LogP contribution in [-0.4, -0.2) is 14.2 Å². The summed E-state index contributed by atoms with van der Waals surface area (Å²) >= 11 is 3.47. The highest BCUT2D eigenvalue weighted by molar-refractivity contribution is 9.10. The van der Waals surface area contributed by atoms with Gasteiger partial charge in [-0.3, -0.25) is 0 Å². The lowest BCUT2D eigenvalue weighted by atomic mass is 10.2. The molecule has 0 bridgehead atoms. The SMILES string of the molecule is CNCc1cc(F)cc(OCc2cc(OC)ccc2Br)c1. The highest BCUT2D eigenvalue weighted by Gasteiger charge is 2.06. The van der Waals surface area contributed by atoms with Crippen LogP contribution in [0.25, 0.3) is 0 Å². The first kappa shape index (κ1) is 15.8. The van der Waals surface area contributed by atoms with Gasteiger partial charge in [0, 0.05) is 22.6 Å². The molecule has 0 fully saturated rings. The average Bonchev–Trinajstić information content (AvgIpc) is 2.46. The fourth-order valence-corrected chi connectivity index (χ4v) is 2.32. The molecule has 21 heavy (non-hydrogen) atoms. The fourth-order valence-electron chi connectivity index (χ4n) is 1.96. The Kier molecular flexibility index (Phi) is 5.59. The van der Waals surface area contributed by atoms with Crippen LogP contribution in [0.15, 0.2) is 40.9 Å². The molecule has 3 nitrogen and oxygen atoms in total. The second kappa shape index (κ2) is 7.43. The van der Waals surface area contributed by atoms with Crippen molar-refractivity contribution in [1.29, 1.82) is 0 Å². The van der Waals surface area contributed by atoms with E-state index >= 15 is 0 Å². The van der Waals surface area contributed by atoms with E-state index in [9.17, 15) is 4.39 Å². The molecule has 0 radical (unpaired) electrons. The van der Waals surface area contributed by atoms with Crippen molar-refractivity contribution >= 4 is 15.9 Å². The summed E-state index contributed by atoms with van der Waals surface area (Å²) in [6.45, 7) is 0.928. The molecular formula is C16H17BrFNO2. The predicted octanol–water partition coefficient (Wildman–Crippen LogP) is 3.90. The van der Waals surface area contributed by atoms with E-state index in [4.69, 9.17) is 9.47 Å². The molecule has 0 spiro atoms. The zero-order chi connectivity index (χ0) is 15.2. The van der Waals surface area contributed by atoms with Crippen LogP contribution in [0.1, 0.15) is 11.1 Å². The van der Waals surface area contributed by atoms with Gasteiger partial charge >= 0.3 is 0 Å². The second-order valence-electron chi connectivity index (χ2n) is 4.57. The summed E-state index contributed by atoms with van der Waals surface area (Å²) in [4.78, 5) is 0. The van der Waals surface area contributed by atoms with Crippen LogP contribution in [-0.2, 0) is 13.2 Å².